The summed E-state index contributed by atoms with van der Waals surface area (Å²) in [7, 11) is 0. The van der Waals surface area contributed by atoms with Crippen molar-refractivity contribution in [3.05, 3.63) is 29.8 Å². The van der Waals surface area contributed by atoms with Crippen molar-refractivity contribution in [2.75, 3.05) is 26.2 Å². The fourth-order valence-corrected chi connectivity index (χ4v) is 3.04. The van der Waals surface area contributed by atoms with E-state index in [1.807, 2.05) is 0 Å². The molecular formula is C20H33NO. The quantitative estimate of drug-likeness (QED) is 0.625. The monoisotopic (exact) mass is 303 g/mol. The molecule has 22 heavy (non-hydrogen) atoms. The molecule has 124 valence electrons. The summed E-state index contributed by atoms with van der Waals surface area (Å²) in [6.45, 7) is 11.5. The molecule has 1 aromatic carbocycles. The first-order chi connectivity index (χ1) is 10.6. The minimum Gasteiger partial charge on any atom is -0.494 e. The third-order valence-corrected chi connectivity index (χ3v) is 4.56. The molecule has 1 aliphatic heterocycles. The van der Waals surface area contributed by atoms with Gasteiger partial charge in [0.25, 0.3) is 0 Å². The molecule has 0 N–H and O–H groups in total. The average molecular weight is 303 g/mol. The molecule has 0 radical (unpaired) electrons. The Kier molecular flexibility index (Phi) is 6.75. The van der Waals surface area contributed by atoms with E-state index in [9.17, 15) is 0 Å². The van der Waals surface area contributed by atoms with E-state index >= 15 is 0 Å². The highest BCUT2D eigenvalue weighted by Gasteiger charge is 2.13. The predicted octanol–water partition coefficient (Wildman–Crippen LogP) is 5.02. The van der Waals surface area contributed by atoms with Gasteiger partial charge in [-0.15, -0.1) is 0 Å². The van der Waals surface area contributed by atoms with Crippen LogP contribution in [-0.4, -0.2) is 31.1 Å². The Hall–Kier alpha value is -1.02. The van der Waals surface area contributed by atoms with E-state index in [0.29, 0.717) is 0 Å². The van der Waals surface area contributed by atoms with Crippen molar-refractivity contribution in [2.24, 2.45) is 0 Å². The molecule has 2 nitrogen and oxygen atoms in total. The molecule has 1 saturated heterocycles. The number of hydrogen-bond acceptors (Lipinski definition) is 2. The van der Waals surface area contributed by atoms with Crippen molar-refractivity contribution in [3.63, 3.8) is 0 Å². The van der Waals surface area contributed by atoms with Gasteiger partial charge in [0, 0.05) is 0 Å². The molecule has 0 aliphatic carbocycles. The van der Waals surface area contributed by atoms with Crippen LogP contribution in [0.15, 0.2) is 24.3 Å². The number of benzene rings is 1. The minimum absolute atomic E-state index is 0.216. The largest absolute Gasteiger partial charge is 0.494 e. The second-order valence-electron chi connectivity index (χ2n) is 7.59. The molecule has 0 unspecified atom stereocenters. The van der Waals surface area contributed by atoms with Gasteiger partial charge in [0.1, 0.15) is 5.75 Å². The van der Waals surface area contributed by atoms with Crippen molar-refractivity contribution in [3.8, 4) is 5.75 Å². The zero-order chi connectivity index (χ0) is 15.8. The summed E-state index contributed by atoms with van der Waals surface area (Å²) in [6.07, 6.45) is 7.95. The first-order valence-electron chi connectivity index (χ1n) is 9.01. The second kappa shape index (κ2) is 8.57. The lowest BCUT2D eigenvalue weighted by Gasteiger charge is -2.19. The maximum Gasteiger partial charge on any atom is 0.119 e. The summed E-state index contributed by atoms with van der Waals surface area (Å²) in [5.74, 6) is 1.00. The van der Waals surface area contributed by atoms with E-state index in [2.05, 4.69) is 49.9 Å². The van der Waals surface area contributed by atoms with Crippen molar-refractivity contribution >= 4 is 0 Å². The summed E-state index contributed by atoms with van der Waals surface area (Å²) in [4.78, 5) is 2.60. The summed E-state index contributed by atoms with van der Waals surface area (Å²) in [5.41, 5.74) is 1.58. The number of unbranched alkanes of at least 4 members (excludes halogenated alkanes) is 3. The van der Waals surface area contributed by atoms with Crippen molar-refractivity contribution in [1.82, 2.24) is 4.90 Å². The Morgan fingerprint density at radius 1 is 0.909 bits per heavy atom. The van der Waals surface area contributed by atoms with Crippen molar-refractivity contribution < 1.29 is 4.74 Å². The lowest BCUT2D eigenvalue weighted by atomic mass is 9.87. The number of ether oxygens (including phenoxy) is 1. The summed E-state index contributed by atoms with van der Waals surface area (Å²) in [6, 6.07) is 8.58. The Balaban J connectivity index is 1.53. The maximum atomic E-state index is 5.84. The Morgan fingerprint density at radius 2 is 1.55 bits per heavy atom. The van der Waals surface area contributed by atoms with Crippen molar-refractivity contribution in [1.29, 1.82) is 0 Å². The second-order valence-corrected chi connectivity index (χ2v) is 7.59. The summed E-state index contributed by atoms with van der Waals surface area (Å²) < 4.78 is 5.84. The lowest BCUT2D eigenvalue weighted by molar-refractivity contribution is 0.296. The van der Waals surface area contributed by atoms with Crippen LogP contribution >= 0.6 is 0 Å². The van der Waals surface area contributed by atoms with Crippen LogP contribution in [0.25, 0.3) is 0 Å². The van der Waals surface area contributed by atoms with E-state index in [0.717, 1.165) is 12.4 Å². The van der Waals surface area contributed by atoms with E-state index in [4.69, 9.17) is 4.74 Å². The van der Waals surface area contributed by atoms with E-state index in [-0.39, 0.29) is 5.41 Å². The third kappa shape index (κ3) is 6.00. The van der Waals surface area contributed by atoms with Crippen LogP contribution in [0.4, 0.5) is 0 Å². The Bertz CT molecular complexity index is 412. The number of likely N-dealkylation sites (tertiary alicyclic amines) is 1. The SMILES string of the molecule is CC(C)(C)c1ccc(OCCCCCCN2CCCC2)cc1. The van der Waals surface area contributed by atoms with Gasteiger partial charge in [-0.05, 0) is 68.4 Å². The molecule has 2 rings (SSSR count). The van der Waals surface area contributed by atoms with Gasteiger partial charge in [0.15, 0.2) is 0 Å². The van der Waals surface area contributed by atoms with Crippen LogP contribution in [0.1, 0.15) is 64.9 Å². The molecule has 2 heteroatoms. The number of rotatable bonds is 8. The molecule has 0 aromatic heterocycles. The van der Waals surface area contributed by atoms with Gasteiger partial charge in [-0.2, -0.15) is 0 Å². The highest BCUT2D eigenvalue weighted by atomic mass is 16.5. The Labute approximate surface area is 136 Å². The third-order valence-electron chi connectivity index (χ3n) is 4.56. The minimum atomic E-state index is 0.216. The molecular weight excluding hydrogens is 270 g/mol. The molecule has 0 saturated carbocycles. The zero-order valence-electron chi connectivity index (χ0n) is 14.7. The van der Waals surface area contributed by atoms with E-state index in [1.165, 1.54) is 63.7 Å². The molecule has 0 atom stereocenters. The fraction of sp³-hybridized carbons (Fsp3) is 0.700. The zero-order valence-corrected chi connectivity index (χ0v) is 14.7. The Morgan fingerprint density at radius 3 is 2.18 bits per heavy atom. The summed E-state index contributed by atoms with van der Waals surface area (Å²) in [5, 5.41) is 0. The first-order valence-corrected chi connectivity index (χ1v) is 9.01. The molecule has 0 spiro atoms. The summed E-state index contributed by atoms with van der Waals surface area (Å²) >= 11 is 0. The normalized spacial score (nSPS) is 16.1. The molecule has 0 amide bonds. The van der Waals surface area contributed by atoms with Crippen LogP contribution in [-0.2, 0) is 5.41 Å². The van der Waals surface area contributed by atoms with Gasteiger partial charge in [-0.1, -0.05) is 45.7 Å². The maximum absolute atomic E-state index is 5.84. The van der Waals surface area contributed by atoms with Gasteiger partial charge < -0.3 is 9.64 Å². The van der Waals surface area contributed by atoms with Crippen LogP contribution < -0.4 is 4.74 Å². The average Bonchev–Trinajstić information content (AvgIpc) is 2.99. The van der Waals surface area contributed by atoms with Gasteiger partial charge in [0.2, 0.25) is 0 Å². The van der Waals surface area contributed by atoms with Gasteiger partial charge in [-0.3, -0.25) is 0 Å². The molecule has 1 aromatic rings. The first kappa shape index (κ1) is 17.3. The smallest absolute Gasteiger partial charge is 0.119 e. The molecule has 1 fully saturated rings. The number of nitrogens with zero attached hydrogens (tertiary/aromatic N) is 1. The van der Waals surface area contributed by atoms with Crippen molar-refractivity contribution in [2.45, 2.75) is 64.7 Å². The van der Waals surface area contributed by atoms with Crippen LogP contribution in [0.5, 0.6) is 5.75 Å². The van der Waals surface area contributed by atoms with Crippen LogP contribution in [0.3, 0.4) is 0 Å². The predicted molar refractivity (Wildman–Crippen MR) is 94.8 cm³/mol. The topological polar surface area (TPSA) is 12.5 Å². The standard InChI is InChI=1S/C20H33NO/c1-20(2,3)18-10-12-19(13-11-18)22-17-9-5-4-6-14-21-15-7-8-16-21/h10-13H,4-9,14-17H2,1-3H3. The molecule has 1 aliphatic rings. The highest BCUT2D eigenvalue weighted by molar-refractivity contribution is 5.31. The highest BCUT2D eigenvalue weighted by Crippen LogP contribution is 2.24. The number of hydrogen-bond donors (Lipinski definition) is 0. The van der Waals surface area contributed by atoms with Gasteiger partial charge in [-0.25, -0.2) is 0 Å². The van der Waals surface area contributed by atoms with Gasteiger partial charge in [0.05, 0.1) is 6.61 Å². The fourth-order valence-electron chi connectivity index (χ4n) is 3.04. The van der Waals surface area contributed by atoms with E-state index in [1.54, 1.807) is 0 Å². The lowest BCUT2D eigenvalue weighted by Crippen LogP contribution is -2.20. The van der Waals surface area contributed by atoms with Crippen LogP contribution in [0, 0.1) is 0 Å². The van der Waals surface area contributed by atoms with Gasteiger partial charge >= 0.3 is 0 Å². The van der Waals surface area contributed by atoms with Crippen LogP contribution in [0.2, 0.25) is 0 Å². The molecule has 1 heterocycles. The molecule has 0 bridgehead atoms. The van der Waals surface area contributed by atoms with E-state index < -0.39 is 0 Å².